The molecule has 294 valence electrons. The fraction of sp³-hybridized carbons (Fsp3) is 0. The molecule has 0 aliphatic carbocycles. The molecule has 0 atom stereocenters. The number of para-hydroxylation sites is 6. The predicted molar refractivity (Wildman–Crippen MR) is 259 cm³/mol. The van der Waals surface area contributed by atoms with Crippen LogP contribution in [0.5, 0.6) is 0 Å². The van der Waals surface area contributed by atoms with E-state index in [1.165, 1.54) is 10.8 Å². The summed E-state index contributed by atoms with van der Waals surface area (Å²) < 4.78 is 7.33. The van der Waals surface area contributed by atoms with Crippen LogP contribution in [0.3, 0.4) is 0 Å². The highest BCUT2D eigenvalue weighted by molar-refractivity contribution is 6.30. The first kappa shape index (κ1) is 35.2. The molecular formula is C57H36N6. The summed E-state index contributed by atoms with van der Waals surface area (Å²) in [6, 6.07) is 77.3. The summed E-state index contributed by atoms with van der Waals surface area (Å²) in [6.07, 6.45) is 0. The zero-order valence-corrected chi connectivity index (χ0v) is 34.0. The van der Waals surface area contributed by atoms with Crippen molar-refractivity contribution in [2.75, 3.05) is 0 Å². The van der Waals surface area contributed by atoms with Crippen molar-refractivity contribution in [3.63, 3.8) is 0 Å². The maximum absolute atomic E-state index is 5.39. The average Bonchev–Trinajstić information content (AvgIpc) is 4.01. The number of hydrogen-bond donors (Lipinski definition) is 0. The Labute approximate surface area is 362 Å². The number of fused-ring (bicyclic) bond motifs is 10. The normalized spacial score (nSPS) is 11.8. The average molecular weight is 805 g/mol. The molecule has 0 unspecified atom stereocenters. The molecule has 0 N–H and O–H groups in total. The molecule has 0 aliphatic rings. The molecule has 13 aromatic rings. The lowest BCUT2D eigenvalue weighted by atomic mass is 10.0. The minimum absolute atomic E-state index is 0.610. The molecule has 0 aliphatic heterocycles. The van der Waals surface area contributed by atoms with Gasteiger partial charge in [-0.25, -0.2) is 15.0 Å². The van der Waals surface area contributed by atoms with E-state index < -0.39 is 0 Å². The Bertz CT molecular complexity index is 3830. The first-order valence-corrected chi connectivity index (χ1v) is 21.3. The predicted octanol–water partition coefficient (Wildman–Crippen LogP) is 14.2. The summed E-state index contributed by atoms with van der Waals surface area (Å²) in [5.41, 5.74) is 12.7. The van der Waals surface area contributed by atoms with Gasteiger partial charge in [-0.3, -0.25) is 0 Å². The smallest absolute Gasteiger partial charge is 0.164 e. The van der Waals surface area contributed by atoms with Crippen LogP contribution in [-0.2, 0) is 0 Å². The van der Waals surface area contributed by atoms with E-state index in [0.717, 1.165) is 88.4 Å². The van der Waals surface area contributed by atoms with E-state index in [1.807, 2.05) is 36.4 Å². The van der Waals surface area contributed by atoms with Crippen molar-refractivity contribution in [2.24, 2.45) is 0 Å². The molecule has 9 aromatic carbocycles. The van der Waals surface area contributed by atoms with Crippen molar-refractivity contribution < 1.29 is 0 Å². The second kappa shape index (κ2) is 14.0. The maximum atomic E-state index is 5.39. The lowest BCUT2D eigenvalue weighted by molar-refractivity contribution is 1.08. The first-order valence-electron chi connectivity index (χ1n) is 21.3. The van der Waals surface area contributed by atoms with Crippen molar-refractivity contribution in [2.45, 2.75) is 0 Å². The molecule has 6 nitrogen and oxygen atoms in total. The van der Waals surface area contributed by atoms with Gasteiger partial charge >= 0.3 is 0 Å². The van der Waals surface area contributed by atoms with Crippen LogP contribution in [0.25, 0.3) is 117 Å². The van der Waals surface area contributed by atoms with Crippen molar-refractivity contribution in [3.8, 4) is 51.2 Å². The molecule has 0 amide bonds. The van der Waals surface area contributed by atoms with Gasteiger partial charge in [-0.1, -0.05) is 164 Å². The molecule has 0 saturated heterocycles. The van der Waals surface area contributed by atoms with Crippen LogP contribution in [0, 0.1) is 0 Å². The summed E-state index contributed by atoms with van der Waals surface area (Å²) >= 11 is 0. The van der Waals surface area contributed by atoms with E-state index in [2.05, 4.69) is 196 Å². The summed E-state index contributed by atoms with van der Waals surface area (Å²) in [7, 11) is 0. The van der Waals surface area contributed by atoms with Crippen LogP contribution >= 0.6 is 0 Å². The highest BCUT2D eigenvalue weighted by Gasteiger charge is 2.27. The third-order valence-electron chi connectivity index (χ3n) is 12.5. The Morgan fingerprint density at radius 2 is 0.714 bits per heavy atom. The molecular weight excluding hydrogens is 769 g/mol. The zero-order chi connectivity index (χ0) is 41.4. The van der Waals surface area contributed by atoms with Crippen molar-refractivity contribution in [3.05, 3.63) is 218 Å². The second-order valence-electron chi connectivity index (χ2n) is 16.0. The summed E-state index contributed by atoms with van der Waals surface area (Å²) in [5.74, 6) is 1.85. The Kier molecular flexibility index (Phi) is 7.80. The summed E-state index contributed by atoms with van der Waals surface area (Å²) in [4.78, 5) is 15.9. The van der Waals surface area contributed by atoms with Gasteiger partial charge in [0.1, 0.15) is 0 Å². The monoisotopic (exact) mass is 804 g/mol. The van der Waals surface area contributed by atoms with E-state index >= 15 is 0 Å². The van der Waals surface area contributed by atoms with E-state index in [-0.39, 0.29) is 0 Å². The largest absolute Gasteiger partial charge is 0.309 e. The van der Waals surface area contributed by atoms with Crippen LogP contribution < -0.4 is 0 Å². The molecule has 0 fully saturated rings. The van der Waals surface area contributed by atoms with Crippen molar-refractivity contribution in [1.82, 2.24) is 28.7 Å². The Morgan fingerprint density at radius 3 is 1.30 bits per heavy atom. The van der Waals surface area contributed by atoms with E-state index in [4.69, 9.17) is 15.0 Å². The molecule has 6 heteroatoms. The fourth-order valence-electron chi connectivity index (χ4n) is 9.84. The summed E-state index contributed by atoms with van der Waals surface area (Å²) in [5, 5.41) is 6.93. The number of hydrogen-bond acceptors (Lipinski definition) is 3. The van der Waals surface area contributed by atoms with Crippen LogP contribution in [0.4, 0.5) is 0 Å². The molecule has 0 bridgehead atoms. The van der Waals surface area contributed by atoms with Gasteiger partial charge in [0.15, 0.2) is 17.5 Å². The first-order chi connectivity index (χ1) is 31.3. The Hall–Kier alpha value is -8.61. The number of aromatic nitrogens is 6. The van der Waals surface area contributed by atoms with Gasteiger partial charge in [0.25, 0.3) is 0 Å². The maximum Gasteiger partial charge on any atom is 0.164 e. The lowest BCUT2D eigenvalue weighted by Gasteiger charge is -2.15. The van der Waals surface area contributed by atoms with Gasteiger partial charge in [-0.2, -0.15) is 0 Å². The number of nitrogens with zero attached hydrogens (tertiary/aromatic N) is 6. The molecule has 4 heterocycles. The highest BCUT2D eigenvalue weighted by atomic mass is 15.1. The van der Waals surface area contributed by atoms with Gasteiger partial charge in [-0.05, 0) is 54.6 Å². The molecule has 13 rings (SSSR count). The fourth-order valence-corrected chi connectivity index (χ4v) is 9.84. The van der Waals surface area contributed by atoms with Gasteiger partial charge in [-0.15, -0.1) is 0 Å². The van der Waals surface area contributed by atoms with E-state index in [0.29, 0.717) is 17.5 Å². The van der Waals surface area contributed by atoms with Gasteiger partial charge < -0.3 is 13.7 Å². The molecule has 4 aromatic heterocycles. The standard InChI is InChI=1S/C57H36N6/c1-5-20-37(21-6-1)55-58-56(38-22-7-2-8-23-38)60-57(59-55)45-36-50-52(54-51(45)43-29-14-17-33-47(43)62(54)40-26-11-4-12-27-40)44-30-15-18-34-48(44)63(50)49-35-19-31-42-41-28-13-16-32-46(41)61(53(42)49)39-24-9-3-10-25-39/h1-36H. The summed E-state index contributed by atoms with van der Waals surface area (Å²) in [6.45, 7) is 0. The van der Waals surface area contributed by atoms with E-state index in [9.17, 15) is 0 Å². The minimum atomic E-state index is 0.610. The van der Waals surface area contributed by atoms with Gasteiger partial charge in [0.2, 0.25) is 0 Å². The number of benzene rings is 9. The highest BCUT2D eigenvalue weighted by Crippen LogP contribution is 2.47. The van der Waals surface area contributed by atoms with Gasteiger partial charge in [0.05, 0.1) is 38.8 Å². The zero-order valence-electron chi connectivity index (χ0n) is 34.0. The lowest BCUT2D eigenvalue weighted by Crippen LogP contribution is -2.02. The quantitative estimate of drug-likeness (QED) is 0.168. The molecule has 0 radical (unpaired) electrons. The Balaban J connectivity index is 1.25. The SMILES string of the molecule is c1ccc(-c2nc(-c3ccccc3)nc(-c3cc4c(c5ccccc5n4-c4cccc5c6ccccc6n(-c6ccccc6)c45)c4c3c3ccccc3n4-c3ccccc3)n2)cc1. The van der Waals surface area contributed by atoms with Crippen LogP contribution in [0.2, 0.25) is 0 Å². The third-order valence-corrected chi connectivity index (χ3v) is 12.5. The van der Waals surface area contributed by atoms with Crippen LogP contribution in [-0.4, -0.2) is 28.7 Å². The third kappa shape index (κ3) is 5.35. The molecule has 0 saturated carbocycles. The Morgan fingerprint density at radius 1 is 0.286 bits per heavy atom. The van der Waals surface area contributed by atoms with Crippen LogP contribution in [0.15, 0.2) is 218 Å². The molecule has 63 heavy (non-hydrogen) atoms. The molecule has 0 spiro atoms. The topological polar surface area (TPSA) is 53.5 Å². The second-order valence-corrected chi connectivity index (χ2v) is 16.0. The van der Waals surface area contributed by atoms with Crippen LogP contribution in [0.1, 0.15) is 0 Å². The number of rotatable bonds is 6. The van der Waals surface area contributed by atoms with E-state index in [1.54, 1.807) is 0 Å². The van der Waals surface area contributed by atoms with Crippen molar-refractivity contribution >= 4 is 65.4 Å². The van der Waals surface area contributed by atoms with Crippen molar-refractivity contribution in [1.29, 1.82) is 0 Å². The van der Waals surface area contributed by atoms with Gasteiger partial charge in [0, 0.05) is 60.4 Å². The minimum Gasteiger partial charge on any atom is -0.309 e.